The molecule has 2 aliphatic rings. The third-order valence-electron chi connectivity index (χ3n) is 6.13. The van der Waals surface area contributed by atoms with Crippen LogP contribution in [0.5, 0.6) is 0 Å². The molecule has 0 saturated carbocycles. The largest absolute Gasteiger partial charge is 0.478 e. The number of carboxylic acid groups (broad SMARTS) is 1. The molecule has 1 heterocycles. The van der Waals surface area contributed by atoms with Crippen LogP contribution in [-0.4, -0.2) is 39.6 Å². The van der Waals surface area contributed by atoms with Crippen molar-refractivity contribution in [1.82, 2.24) is 0 Å². The number of carboxylic acids is 1. The number of urea groups is 1. The van der Waals surface area contributed by atoms with Crippen LogP contribution in [0.4, 0.5) is 21.9 Å². The van der Waals surface area contributed by atoms with E-state index in [1.54, 1.807) is 30.8 Å². The zero-order chi connectivity index (χ0) is 26.6. The Morgan fingerprint density at radius 2 is 1.68 bits per heavy atom. The average Bonchev–Trinajstić information content (AvgIpc) is 2.92. The van der Waals surface area contributed by atoms with Crippen molar-refractivity contribution in [2.45, 2.75) is 33.3 Å². The van der Waals surface area contributed by atoms with Gasteiger partial charge in [-0.3, -0.25) is 9.69 Å². The lowest BCUT2D eigenvalue weighted by Crippen LogP contribution is -2.49. The van der Waals surface area contributed by atoms with Crippen LogP contribution in [0.15, 0.2) is 107 Å². The molecule has 0 bridgehead atoms. The van der Waals surface area contributed by atoms with Gasteiger partial charge in [-0.2, -0.15) is 0 Å². The lowest BCUT2D eigenvalue weighted by Gasteiger charge is -2.40. The number of anilines is 3. The zero-order valence-corrected chi connectivity index (χ0v) is 22.0. The fourth-order valence-corrected chi connectivity index (χ4v) is 6.44. The van der Waals surface area contributed by atoms with E-state index >= 15 is 0 Å². The molecule has 0 radical (unpaired) electrons. The van der Waals surface area contributed by atoms with Crippen LogP contribution >= 0.6 is 23.5 Å². The summed E-state index contributed by atoms with van der Waals surface area (Å²) >= 11 is 3.12. The minimum atomic E-state index is -1.02. The molecule has 1 aliphatic heterocycles. The Kier molecular flexibility index (Phi) is 7.57. The van der Waals surface area contributed by atoms with E-state index in [9.17, 15) is 14.4 Å². The minimum Gasteiger partial charge on any atom is -0.478 e. The van der Waals surface area contributed by atoms with E-state index in [0.29, 0.717) is 11.4 Å². The first kappa shape index (κ1) is 25.7. The number of aromatic carboxylic acids is 1. The standard InChI is InChI=1S/C29H25N3O4S2/c1-18(27(33)30-20-15-13-19(14-16-20)28(34)35)37-22-8-6-7-21(17-22)31-29(36)32-23-9-2-4-11-25(23)38-26-12-5-3-10-24(26)32/h2-18,23,25H,1H3,(H,30,33)(H,31,36)(H,34,35). The summed E-state index contributed by atoms with van der Waals surface area (Å²) in [4.78, 5) is 41.0. The first-order valence-corrected chi connectivity index (χ1v) is 13.8. The summed E-state index contributed by atoms with van der Waals surface area (Å²) in [5, 5.41) is 14.6. The Balaban J connectivity index is 1.26. The molecule has 3 atom stereocenters. The van der Waals surface area contributed by atoms with Crippen molar-refractivity contribution in [1.29, 1.82) is 0 Å². The van der Waals surface area contributed by atoms with Crippen molar-refractivity contribution in [3.05, 3.63) is 103 Å². The number of allylic oxidation sites excluding steroid dienone is 2. The van der Waals surface area contributed by atoms with Gasteiger partial charge in [0, 0.05) is 21.2 Å². The summed E-state index contributed by atoms with van der Waals surface area (Å²) in [7, 11) is 0. The maximum atomic E-state index is 13.5. The third-order valence-corrected chi connectivity index (χ3v) is 8.53. The second kappa shape index (κ2) is 11.2. The van der Waals surface area contributed by atoms with E-state index in [1.807, 2.05) is 65.6 Å². The van der Waals surface area contributed by atoms with Gasteiger partial charge in [0.05, 0.1) is 27.8 Å². The molecule has 0 spiro atoms. The lowest BCUT2D eigenvalue weighted by molar-refractivity contribution is -0.115. The molecule has 1 aliphatic carbocycles. The normalized spacial score (nSPS) is 18.2. The Morgan fingerprint density at radius 3 is 2.47 bits per heavy atom. The minimum absolute atomic E-state index is 0.0919. The molecule has 7 nitrogen and oxygen atoms in total. The number of amides is 3. The van der Waals surface area contributed by atoms with Gasteiger partial charge in [-0.15, -0.1) is 23.5 Å². The number of rotatable bonds is 6. The highest BCUT2D eigenvalue weighted by Crippen LogP contribution is 2.43. The van der Waals surface area contributed by atoms with Crippen LogP contribution in [0.3, 0.4) is 0 Å². The Morgan fingerprint density at radius 1 is 0.921 bits per heavy atom. The molecule has 3 N–H and O–H groups in total. The van der Waals surface area contributed by atoms with E-state index in [-0.39, 0.29) is 28.8 Å². The number of nitrogens with zero attached hydrogens (tertiary/aromatic N) is 1. The van der Waals surface area contributed by atoms with Gasteiger partial charge in [0.25, 0.3) is 0 Å². The second-order valence-corrected chi connectivity index (χ2v) is 11.4. The van der Waals surface area contributed by atoms with Gasteiger partial charge in [0.1, 0.15) is 0 Å². The highest BCUT2D eigenvalue weighted by atomic mass is 32.2. The SMILES string of the molecule is CC(Sc1cccc(NC(=O)N2c3ccccc3SC3C=CC=CC32)c1)C(=O)Nc1ccc(C(=O)O)cc1. The average molecular weight is 544 g/mol. The van der Waals surface area contributed by atoms with Gasteiger partial charge in [0.2, 0.25) is 5.91 Å². The summed E-state index contributed by atoms with van der Waals surface area (Å²) in [5.41, 5.74) is 2.20. The summed E-state index contributed by atoms with van der Waals surface area (Å²) in [5.74, 6) is -1.23. The van der Waals surface area contributed by atoms with Crippen molar-refractivity contribution in [3.8, 4) is 0 Å². The highest BCUT2D eigenvalue weighted by Gasteiger charge is 2.36. The molecule has 9 heteroatoms. The topological polar surface area (TPSA) is 98.7 Å². The third kappa shape index (κ3) is 5.64. The van der Waals surface area contributed by atoms with Crippen LogP contribution in [0, 0.1) is 0 Å². The number of fused-ring (bicyclic) bond motifs is 2. The molecule has 192 valence electrons. The summed E-state index contributed by atoms with van der Waals surface area (Å²) < 4.78 is 0. The first-order valence-electron chi connectivity index (χ1n) is 12.0. The van der Waals surface area contributed by atoms with Crippen LogP contribution in [-0.2, 0) is 4.79 Å². The van der Waals surface area contributed by atoms with E-state index < -0.39 is 11.2 Å². The number of para-hydroxylation sites is 1. The Hall–Kier alpha value is -3.95. The first-order chi connectivity index (χ1) is 18.4. The molecule has 3 unspecified atom stereocenters. The molecular formula is C29H25N3O4S2. The smallest absolute Gasteiger partial charge is 0.335 e. The van der Waals surface area contributed by atoms with Gasteiger partial charge >= 0.3 is 12.0 Å². The van der Waals surface area contributed by atoms with Gasteiger partial charge < -0.3 is 15.7 Å². The van der Waals surface area contributed by atoms with Gasteiger partial charge in [0.15, 0.2) is 0 Å². The molecule has 3 aromatic rings. The summed E-state index contributed by atoms with van der Waals surface area (Å²) in [6, 6.07) is 21.0. The molecule has 5 rings (SSSR count). The van der Waals surface area contributed by atoms with Crippen molar-refractivity contribution in [2.75, 3.05) is 15.5 Å². The maximum absolute atomic E-state index is 13.5. The number of nitrogens with one attached hydrogen (secondary N) is 2. The van der Waals surface area contributed by atoms with Crippen molar-refractivity contribution in [2.24, 2.45) is 0 Å². The predicted octanol–water partition coefficient (Wildman–Crippen LogP) is 6.51. The molecule has 3 aromatic carbocycles. The van der Waals surface area contributed by atoms with Crippen molar-refractivity contribution >= 4 is 58.5 Å². The number of hydrogen-bond acceptors (Lipinski definition) is 5. The molecule has 0 saturated heterocycles. The Labute approximate surface area is 229 Å². The molecule has 0 aromatic heterocycles. The van der Waals surface area contributed by atoms with E-state index in [2.05, 4.69) is 22.8 Å². The van der Waals surface area contributed by atoms with Crippen LogP contribution in [0.1, 0.15) is 17.3 Å². The maximum Gasteiger partial charge on any atom is 0.335 e. The summed E-state index contributed by atoms with van der Waals surface area (Å²) in [6.07, 6.45) is 8.16. The van der Waals surface area contributed by atoms with Crippen molar-refractivity contribution < 1.29 is 19.5 Å². The fraction of sp³-hybridized carbons (Fsp3) is 0.138. The van der Waals surface area contributed by atoms with Crippen LogP contribution in [0.2, 0.25) is 0 Å². The zero-order valence-electron chi connectivity index (χ0n) is 20.4. The molecule has 3 amide bonds. The quantitative estimate of drug-likeness (QED) is 0.307. The summed E-state index contributed by atoms with van der Waals surface area (Å²) in [6.45, 7) is 1.79. The number of carbonyl (C=O) groups excluding carboxylic acids is 2. The number of carbonyl (C=O) groups is 3. The predicted molar refractivity (Wildman–Crippen MR) is 153 cm³/mol. The Bertz CT molecular complexity index is 1440. The fourth-order valence-electron chi connectivity index (χ4n) is 4.25. The highest BCUT2D eigenvalue weighted by molar-refractivity contribution is 8.00. The van der Waals surface area contributed by atoms with Crippen LogP contribution < -0.4 is 15.5 Å². The van der Waals surface area contributed by atoms with E-state index in [4.69, 9.17) is 5.11 Å². The van der Waals surface area contributed by atoms with Gasteiger partial charge in [-0.25, -0.2) is 9.59 Å². The van der Waals surface area contributed by atoms with Gasteiger partial charge in [-0.05, 0) is 61.5 Å². The van der Waals surface area contributed by atoms with Crippen LogP contribution in [0.25, 0.3) is 0 Å². The molecule has 38 heavy (non-hydrogen) atoms. The monoisotopic (exact) mass is 543 g/mol. The molecular weight excluding hydrogens is 518 g/mol. The molecule has 0 fully saturated rings. The lowest BCUT2D eigenvalue weighted by atomic mass is 10.1. The van der Waals surface area contributed by atoms with Crippen molar-refractivity contribution in [3.63, 3.8) is 0 Å². The van der Waals surface area contributed by atoms with E-state index in [0.717, 1.165) is 15.5 Å². The number of hydrogen-bond donors (Lipinski definition) is 3. The van der Waals surface area contributed by atoms with Gasteiger partial charge in [-0.1, -0.05) is 42.5 Å². The number of benzene rings is 3. The van der Waals surface area contributed by atoms with E-state index in [1.165, 1.54) is 23.9 Å². The second-order valence-electron chi connectivity index (χ2n) is 8.77. The number of thioether (sulfide) groups is 2.